The zero-order valence-electron chi connectivity index (χ0n) is 8.77. The van der Waals surface area contributed by atoms with Crippen molar-refractivity contribution in [2.75, 3.05) is 0 Å². The molecule has 0 saturated carbocycles. The lowest BCUT2D eigenvalue weighted by atomic mass is 10.2. The van der Waals surface area contributed by atoms with E-state index in [0.29, 0.717) is 6.07 Å². The van der Waals surface area contributed by atoms with Gasteiger partial charge in [0.15, 0.2) is 0 Å². The van der Waals surface area contributed by atoms with Gasteiger partial charge in [-0.25, -0.2) is 4.98 Å². The summed E-state index contributed by atoms with van der Waals surface area (Å²) in [4.78, 5) is 22.3. The number of carboxylic acid groups (broad SMARTS) is 1. The molecule has 0 aliphatic carbocycles. The van der Waals surface area contributed by atoms with Gasteiger partial charge >= 0.3 is 23.9 Å². The Morgan fingerprint density at radius 2 is 2.11 bits per heavy atom. The highest BCUT2D eigenvalue weighted by Crippen LogP contribution is 2.32. The fraction of sp³-hybridized carbons (Fsp3) is 0.250. The number of aromatic nitrogens is 1. The van der Waals surface area contributed by atoms with Gasteiger partial charge in [0, 0.05) is 6.07 Å². The molecule has 104 valence electrons. The van der Waals surface area contributed by atoms with Crippen molar-refractivity contribution in [2.24, 2.45) is 0 Å². The van der Waals surface area contributed by atoms with Gasteiger partial charge in [-0.1, -0.05) is 0 Å². The van der Waals surface area contributed by atoms with Gasteiger partial charge in [-0.15, -0.1) is 13.2 Å². The lowest BCUT2D eigenvalue weighted by molar-refractivity contribution is -0.391. The van der Waals surface area contributed by atoms with Gasteiger partial charge in [-0.2, -0.15) is 4.39 Å². The number of hydrogen-bond acceptors (Lipinski definition) is 5. The maximum Gasteiger partial charge on any atom is 0.574 e. The lowest BCUT2D eigenvalue weighted by Crippen LogP contribution is -2.20. The number of ether oxygens (including phenoxy) is 1. The van der Waals surface area contributed by atoms with Crippen LogP contribution in [0.3, 0.4) is 0 Å². The van der Waals surface area contributed by atoms with Crippen LogP contribution in [0.4, 0.5) is 23.2 Å². The predicted molar refractivity (Wildman–Crippen MR) is 48.9 cm³/mol. The van der Waals surface area contributed by atoms with Gasteiger partial charge in [0.1, 0.15) is 0 Å². The van der Waals surface area contributed by atoms with Crippen molar-refractivity contribution in [3.8, 4) is 5.88 Å². The molecule has 0 aliphatic rings. The molecule has 1 rings (SSSR count). The van der Waals surface area contributed by atoms with Gasteiger partial charge in [-0.05, 0) is 0 Å². The largest absolute Gasteiger partial charge is 0.574 e. The molecule has 1 heterocycles. The highest BCUT2D eigenvalue weighted by molar-refractivity contribution is 5.69. The normalized spacial score (nSPS) is 11.2. The molecule has 0 saturated heterocycles. The van der Waals surface area contributed by atoms with E-state index in [9.17, 15) is 32.5 Å². The van der Waals surface area contributed by atoms with Crippen LogP contribution in [0.15, 0.2) is 6.07 Å². The minimum atomic E-state index is -5.33. The first kappa shape index (κ1) is 14.6. The Morgan fingerprint density at radius 3 is 2.53 bits per heavy atom. The van der Waals surface area contributed by atoms with Crippen molar-refractivity contribution in [2.45, 2.75) is 12.8 Å². The Kier molecular flexibility index (Phi) is 3.87. The molecule has 0 aliphatic heterocycles. The summed E-state index contributed by atoms with van der Waals surface area (Å²) in [5.41, 5.74) is -2.26. The van der Waals surface area contributed by atoms with Gasteiger partial charge in [0.25, 0.3) is 0 Å². The summed E-state index contributed by atoms with van der Waals surface area (Å²) >= 11 is 0. The minimum absolute atomic E-state index is 0.357. The van der Waals surface area contributed by atoms with E-state index in [1.807, 2.05) is 0 Å². The molecule has 0 atom stereocenters. The molecule has 7 nitrogen and oxygen atoms in total. The van der Waals surface area contributed by atoms with Crippen LogP contribution in [0, 0.1) is 15.9 Å². The maximum atomic E-state index is 13.3. The van der Waals surface area contributed by atoms with E-state index in [0.717, 1.165) is 0 Å². The highest BCUT2D eigenvalue weighted by Gasteiger charge is 2.37. The summed E-state index contributed by atoms with van der Waals surface area (Å²) < 4.78 is 52.4. The first-order valence-electron chi connectivity index (χ1n) is 4.41. The van der Waals surface area contributed by atoms with Gasteiger partial charge < -0.3 is 9.84 Å². The molecule has 0 bridgehead atoms. The molecule has 11 heteroatoms. The van der Waals surface area contributed by atoms with E-state index < -0.39 is 46.8 Å². The van der Waals surface area contributed by atoms with Gasteiger partial charge in [0.2, 0.25) is 5.82 Å². The van der Waals surface area contributed by atoms with Crippen molar-refractivity contribution < 1.29 is 37.1 Å². The highest BCUT2D eigenvalue weighted by atomic mass is 19.4. The summed E-state index contributed by atoms with van der Waals surface area (Å²) in [6.45, 7) is 0. The third-order valence-corrected chi connectivity index (χ3v) is 1.69. The van der Waals surface area contributed by atoms with Crippen LogP contribution >= 0.6 is 0 Å². The number of pyridine rings is 1. The van der Waals surface area contributed by atoms with Crippen LogP contribution in [-0.2, 0) is 11.2 Å². The maximum absolute atomic E-state index is 13.3. The van der Waals surface area contributed by atoms with E-state index in [4.69, 9.17) is 5.11 Å². The molecule has 1 N–H and O–H groups in total. The average molecular weight is 284 g/mol. The van der Waals surface area contributed by atoms with E-state index in [1.54, 1.807) is 0 Å². The average Bonchev–Trinajstić information content (AvgIpc) is 2.10. The van der Waals surface area contributed by atoms with Crippen LogP contribution < -0.4 is 4.74 Å². The zero-order chi connectivity index (χ0) is 14.8. The van der Waals surface area contributed by atoms with E-state index in [2.05, 4.69) is 9.72 Å². The molecule has 0 aromatic carbocycles. The summed E-state index contributed by atoms with van der Waals surface area (Å²) in [7, 11) is 0. The molecule has 0 radical (unpaired) electrons. The smallest absolute Gasteiger partial charge is 0.481 e. The molecule has 1 aromatic rings. The Hall–Kier alpha value is -2.46. The molecule has 19 heavy (non-hydrogen) atoms. The third-order valence-electron chi connectivity index (χ3n) is 1.69. The molecule has 0 fully saturated rings. The number of carboxylic acids is 1. The Morgan fingerprint density at radius 1 is 1.53 bits per heavy atom. The zero-order valence-corrected chi connectivity index (χ0v) is 8.77. The fourth-order valence-corrected chi connectivity index (χ4v) is 1.12. The number of halogens is 4. The first-order chi connectivity index (χ1) is 8.60. The Balaban J connectivity index is 3.32. The summed E-state index contributed by atoms with van der Waals surface area (Å²) in [6, 6.07) is 0.357. The van der Waals surface area contributed by atoms with Crippen LogP contribution in [0.25, 0.3) is 0 Å². The van der Waals surface area contributed by atoms with E-state index in [1.165, 1.54) is 0 Å². The van der Waals surface area contributed by atoms with Crippen LogP contribution in [-0.4, -0.2) is 27.3 Å². The second-order valence-electron chi connectivity index (χ2n) is 3.12. The monoisotopic (exact) mass is 284 g/mol. The molecular weight excluding hydrogens is 280 g/mol. The Labute approximate surface area is 101 Å². The molecule has 0 spiro atoms. The molecule has 0 amide bonds. The first-order valence-corrected chi connectivity index (χ1v) is 4.41. The predicted octanol–water partition coefficient (Wildman–Crippen LogP) is 1.65. The van der Waals surface area contributed by atoms with Crippen molar-refractivity contribution >= 4 is 11.7 Å². The van der Waals surface area contributed by atoms with Crippen LogP contribution in [0.5, 0.6) is 5.88 Å². The van der Waals surface area contributed by atoms with Crippen LogP contribution in [0.1, 0.15) is 5.69 Å². The fourth-order valence-electron chi connectivity index (χ4n) is 1.12. The van der Waals surface area contributed by atoms with Crippen molar-refractivity contribution in [3.05, 3.63) is 27.7 Å². The van der Waals surface area contributed by atoms with Gasteiger partial charge in [0.05, 0.1) is 17.0 Å². The minimum Gasteiger partial charge on any atom is -0.481 e. The number of hydrogen-bond donors (Lipinski definition) is 1. The second-order valence-corrected chi connectivity index (χ2v) is 3.12. The van der Waals surface area contributed by atoms with Crippen molar-refractivity contribution in [3.63, 3.8) is 0 Å². The summed E-state index contributed by atoms with van der Waals surface area (Å²) in [5.74, 6) is -4.82. The summed E-state index contributed by atoms with van der Waals surface area (Å²) in [6.07, 6.45) is -6.24. The number of aliphatic carboxylic acids is 1. The van der Waals surface area contributed by atoms with Crippen molar-refractivity contribution in [1.82, 2.24) is 4.98 Å². The summed E-state index contributed by atoms with van der Waals surface area (Å²) in [5, 5.41) is 18.8. The SMILES string of the molecule is O=C(O)Cc1cc(F)c([N+](=O)[O-])c(OC(F)(F)F)n1. The Bertz CT molecular complexity index is 531. The van der Waals surface area contributed by atoms with E-state index in [-0.39, 0.29) is 0 Å². The quantitative estimate of drug-likeness (QED) is 0.512. The third kappa shape index (κ3) is 4.04. The number of nitrogens with zero attached hydrogens (tertiary/aromatic N) is 2. The standard InChI is InChI=1S/C8H4F4N2O5/c9-4-1-3(2-5(15)16)13-7(6(4)14(17)18)19-8(10,11)12/h1H,2H2,(H,15,16). The topological polar surface area (TPSA) is 103 Å². The van der Waals surface area contributed by atoms with Gasteiger partial charge in [-0.3, -0.25) is 14.9 Å². The van der Waals surface area contributed by atoms with E-state index >= 15 is 0 Å². The number of rotatable bonds is 4. The number of carbonyl (C=O) groups is 1. The van der Waals surface area contributed by atoms with Crippen molar-refractivity contribution in [1.29, 1.82) is 0 Å². The number of alkyl halides is 3. The number of nitro groups is 1. The molecule has 0 unspecified atom stereocenters. The molecular formula is C8H4F4N2O5. The lowest BCUT2D eigenvalue weighted by Gasteiger charge is -2.09. The molecule has 1 aromatic heterocycles. The second kappa shape index (κ2) is 5.04. The van der Waals surface area contributed by atoms with Crippen LogP contribution in [0.2, 0.25) is 0 Å².